The zero-order valence-corrected chi connectivity index (χ0v) is 23.9. The van der Waals surface area contributed by atoms with E-state index in [9.17, 15) is 0 Å². The molecule has 0 bridgehead atoms. The van der Waals surface area contributed by atoms with Gasteiger partial charge in [-0.15, -0.1) is 0 Å². The van der Waals surface area contributed by atoms with Crippen molar-refractivity contribution in [1.29, 1.82) is 0 Å². The van der Waals surface area contributed by atoms with Gasteiger partial charge in [-0.1, -0.05) is 54.5 Å². The average Bonchev–Trinajstić information content (AvgIpc) is 2.32. The lowest BCUT2D eigenvalue weighted by atomic mass is 9.99. The minimum atomic E-state index is -1.82. The third kappa shape index (κ3) is 8.45. The van der Waals surface area contributed by atoms with Crippen LogP contribution in [-0.4, -0.2) is 28.8 Å². The largest absolute Gasteiger partial charge is 0.414 e. The van der Waals surface area contributed by atoms with Crippen molar-refractivity contribution in [2.75, 3.05) is 0 Å². The molecule has 0 aliphatic rings. The molecule has 0 saturated heterocycles. The van der Waals surface area contributed by atoms with E-state index < -0.39 is 16.6 Å². The van der Waals surface area contributed by atoms with Crippen molar-refractivity contribution in [3.8, 4) is 0 Å². The minimum Gasteiger partial charge on any atom is -0.414 e. The lowest BCUT2D eigenvalue weighted by Gasteiger charge is -2.43. The van der Waals surface area contributed by atoms with Crippen molar-refractivity contribution < 1.29 is 8.85 Å². The van der Waals surface area contributed by atoms with E-state index >= 15 is 0 Å². The van der Waals surface area contributed by atoms with Crippen molar-refractivity contribution in [1.82, 2.24) is 0 Å². The molecule has 0 rings (SSSR count). The van der Waals surface area contributed by atoms with Crippen LogP contribution in [0.25, 0.3) is 0 Å². The Kier molecular flexibility index (Phi) is 9.85. The highest BCUT2D eigenvalue weighted by atomic mass is 127. The van der Waals surface area contributed by atoms with Crippen molar-refractivity contribution >= 4 is 39.2 Å². The second kappa shape index (κ2) is 9.55. The molecule has 0 N–H and O–H groups in total. The van der Waals surface area contributed by atoms with Crippen molar-refractivity contribution in [3.63, 3.8) is 0 Å². The minimum absolute atomic E-state index is 0.209. The summed E-state index contributed by atoms with van der Waals surface area (Å²) in [6, 6.07) is 0. The fourth-order valence-corrected chi connectivity index (χ4v) is 5.89. The first-order valence-corrected chi connectivity index (χ1v) is 16.9. The van der Waals surface area contributed by atoms with Gasteiger partial charge in [0.1, 0.15) is 0 Å². The van der Waals surface area contributed by atoms with Crippen LogP contribution in [0.15, 0.2) is 9.66 Å². The molecule has 0 unspecified atom stereocenters. The van der Waals surface area contributed by atoms with Gasteiger partial charge in [-0.3, -0.25) is 0 Å². The molecule has 0 aliphatic carbocycles. The summed E-state index contributed by atoms with van der Waals surface area (Å²) in [6.45, 7) is 29.9. The average molecular weight is 513 g/mol. The number of hydrogen-bond acceptors (Lipinski definition) is 2. The van der Waals surface area contributed by atoms with E-state index in [-0.39, 0.29) is 22.3 Å². The molecular formula is C21H45IO2Si2. The fourth-order valence-electron chi connectivity index (χ4n) is 2.45. The second-order valence-corrected chi connectivity index (χ2v) is 22.2. The molecule has 3 atom stereocenters. The second-order valence-electron chi connectivity index (χ2n) is 11.0. The monoisotopic (exact) mass is 512 g/mol. The van der Waals surface area contributed by atoms with Crippen LogP contribution in [0, 0.1) is 5.92 Å². The van der Waals surface area contributed by atoms with Crippen LogP contribution in [0.1, 0.15) is 68.7 Å². The van der Waals surface area contributed by atoms with Gasteiger partial charge in [0, 0.05) is 12.0 Å². The number of allylic oxidation sites excluding steroid dienone is 1. The van der Waals surface area contributed by atoms with E-state index in [1.807, 2.05) is 0 Å². The summed E-state index contributed by atoms with van der Waals surface area (Å²) in [7, 11) is -3.58. The highest BCUT2D eigenvalue weighted by Gasteiger charge is 2.42. The predicted octanol–water partition coefficient (Wildman–Crippen LogP) is 8.15. The maximum atomic E-state index is 6.86. The topological polar surface area (TPSA) is 18.5 Å². The Bertz CT molecular complexity index is 469. The summed E-state index contributed by atoms with van der Waals surface area (Å²) >= 11 is 2.40. The Balaban J connectivity index is 5.41. The summed E-state index contributed by atoms with van der Waals surface area (Å²) in [4.78, 5) is 0. The molecule has 0 fully saturated rings. The number of hydrogen-bond donors (Lipinski definition) is 0. The molecule has 0 heterocycles. The van der Waals surface area contributed by atoms with Gasteiger partial charge in [0.15, 0.2) is 16.6 Å². The summed E-state index contributed by atoms with van der Waals surface area (Å²) in [6.07, 6.45) is 3.73. The van der Waals surface area contributed by atoms with Gasteiger partial charge in [0.25, 0.3) is 0 Å². The van der Waals surface area contributed by atoms with Crippen LogP contribution in [-0.2, 0) is 8.85 Å². The molecule has 0 aromatic heterocycles. The molecule has 0 radical (unpaired) electrons. The molecule has 26 heavy (non-hydrogen) atoms. The van der Waals surface area contributed by atoms with Crippen LogP contribution in [0.3, 0.4) is 0 Å². The normalized spacial score (nSPS) is 18.6. The number of rotatable bonds is 8. The van der Waals surface area contributed by atoms with Crippen LogP contribution >= 0.6 is 22.6 Å². The predicted molar refractivity (Wildman–Crippen MR) is 131 cm³/mol. The van der Waals surface area contributed by atoms with Gasteiger partial charge in [0.2, 0.25) is 0 Å². The molecule has 0 aromatic carbocycles. The first-order chi connectivity index (χ1) is 11.3. The smallest absolute Gasteiger partial charge is 0.192 e. The molecular weight excluding hydrogens is 467 g/mol. The zero-order chi connectivity index (χ0) is 21.1. The third-order valence-corrected chi connectivity index (χ3v) is 15.7. The highest BCUT2D eigenvalue weighted by molar-refractivity contribution is 14.1. The van der Waals surface area contributed by atoms with Crippen LogP contribution in [0.5, 0.6) is 0 Å². The van der Waals surface area contributed by atoms with Crippen LogP contribution < -0.4 is 0 Å². The summed E-state index contributed by atoms with van der Waals surface area (Å²) in [5.41, 5.74) is 0. The third-order valence-electron chi connectivity index (χ3n) is 6.20. The Labute approximate surface area is 180 Å². The van der Waals surface area contributed by atoms with E-state index in [2.05, 4.69) is 117 Å². The maximum absolute atomic E-state index is 6.86. The summed E-state index contributed by atoms with van der Waals surface area (Å²) < 4.78 is 14.8. The Hall–Kier alpha value is 0.824. The lowest BCUT2D eigenvalue weighted by molar-refractivity contribution is 0.0801. The van der Waals surface area contributed by atoms with Gasteiger partial charge >= 0.3 is 0 Å². The van der Waals surface area contributed by atoms with E-state index in [0.717, 1.165) is 6.42 Å². The van der Waals surface area contributed by atoms with E-state index in [1.165, 1.54) is 3.58 Å². The van der Waals surface area contributed by atoms with E-state index in [4.69, 9.17) is 8.85 Å². The Morgan fingerprint density at radius 1 is 0.885 bits per heavy atom. The standard InChI is InChI=1S/C21H45IO2Si2/c1-16(14-17(2)22)19(24-26(12,13)21(7,8)9)15-18(3)23-25(10,11)20(4,5)6/h14,16,18-19H,15H2,1-13H3/b17-14+/t16-,18-,19-/m1/s1. The molecule has 0 amide bonds. The highest BCUT2D eigenvalue weighted by Crippen LogP contribution is 2.40. The number of halogens is 1. The maximum Gasteiger partial charge on any atom is 0.192 e. The van der Waals surface area contributed by atoms with Gasteiger partial charge in [-0.25, -0.2) is 0 Å². The van der Waals surface area contributed by atoms with Crippen molar-refractivity contribution in [2.45, 2.75) is 117 Å². The molecule has 0 spiro atoms. The van der Waals surface area contributed by atoms with Crippen LogP contribution in [0.4, 0.5) is 0 Å². The summed E-state index contributed by atoms with van der Waals surface area (Å²) in [5, 5.41) is 0.457. The van der Waals surface area contributed by atoms with Crippen molar-refractivity contribution in [2.24, 2.45) is 5.92 Å². The fraction of sp³-hybridized carbons (Fsp3) is 0.905. The first-order valence-electron chi connectivity index (χ1n) is 10.00. The van der Waals surface area contributed by atoms with E-state index in [1.54, 1.807) is 0 Å². The van der Waals surface area contributed by atoms with Gasteiger partial charge in [-0.2, -0.15) is 0 Å². The molecule has 156 valence electrons. The van der Waals surface area contributed by atoms with Gasteiger partial charge in [0.05, 0.1) is 6.10 Å². The molecule has 0 aromatic rings. The van der Waals surface area contributed by atoms with Gasteiger partial charge in [-0.05, 0) is 82.7 Å². The molecule has 5 heteroatoms. The SMILES string of the molecule is C/C(I)=C\[C@@H](C)[C@@H](C[C@@H](C)O[Si](C)(C)C(C)(C)C)O[Si](C)(C)C(C)(C)C. The molecule has 0 saturated carbocycles. The first kappa shape index (κ1) is 26.8. The molecule has 2 nitrogen and oxygen atoms in total. The zero-order valence-electron chi connectivity index (χ0n) is 19.7. The molecule has 0 aliphatic heterocycles. The Morgan fingerprint density at radius 3 is 1.62 bits per heavy atom. The van der Waals surface area contributed by atoms with Crippen molar-refractivity contribution in [3.05, 3.63) is 9.66 Å². The summed E-state index contributed by atoms with van der Waals surface area (Å²) in [5.74, 6) is 0.395. The van der Waals surface area contributed by atoms with Gasteiger partial charge < -0.3 is 8.85 Å². The Morgan fingerprint density at radius 2 is 1.27 bits per heavy atom. The quantitative estimate of drug-likeness (QED) is 0.241. The van der Waals surface area contributed by atoms with E-state index in [0.29, 0.717) is 5.92 Å². The van der Waals surface area contributed by atoms with Crippen LogP contribution in [0.2, 0.25) is 36.3 Å². The lowest BCUT2D eigenvalue weighted by Crippen LogP contribution is -2.48.